The van der Waals surface area contributed by atoms with Gasteiger partial charge in [-0.3, -0.25) is 0 Å². The van der Waals surface area contributed by atoms with E-state index in [1.165, 1.54) is 17.3 Å². The second-order valence-electron chi connectivity index (χ2n) is 8.29. The number of urea groups is 1. The molecule has 3 aromatic carbocycles. The molecule has 1 aliphatic heterocycles. The number of likely N-dealkylation sites (tertiary alicyclic amines) is 1. The zero-order valence-electron chi connectivity index (χ0n) is 18.6. The van der Waals surface area contributed by atoms with Crippen molar-refractivity contribution in [2.75, 3.05) is 6.54 Å². The van der Waals surface area contributed by atoms with E-state index in [0.29, 0.717) is 12.1 Å². The maximum Gasteiger partial charge on any atom is 0.335 e. The molecular weight excluding hydrogens is 434 g/mol. The summed E-state index contributed by atoms with van der Waals surface area (Å²) in [5.74, 6) is 0.0397. The van der Waals surface area contributed by atoms with Crippen molar-refractivity contribution in [2.24, 2.45) is 10.9 Å². The topological polar surface area (TPSA) is 94.2 Å². The van der Waals surface area contributed by atoms with E-state index in [0.717, 1.165) is 41.7 Å². The lowest BCUT2D eigenvalue weighted by Crippen LogP contribution is -2.52. The van der Waals surface area contributed by atoms with E-state index in [-0.39, 0.29) is 17.9 Å². The number of nitrogens with zero attached hydrogens (tertiary/aromatic N) is 3. The molecule has 0 bridgehead atoms. The highest BCUT2D eigenvalue weighted by Gasteiger charge is 2.28. The SMILES string of the molecule is CC1CCCCN1C(=O)N(Cc1cccc(/C(N)=N/O)c1)NSc1ccc2ccccc2c1. The summed E-state index contributed by atoms with van der Waals surface area (Å²) in [6.45, 7) is 3.20. The van der Waals surface area contributed by atoms with Crippen LogP contribution < -0.4 is 10.6 Å². The minimum Gasteiger partial charge on any atom is -0.409 e. The number of rotatable bonds is 6. The van der Waals surface area contributed by atoms with E-state index in [2.05, 4.69) is 41.2 Å². The van der Waals surface area contributed by atoms with Crippen LogP contribution in [-0.4, -0.2) is 39.6 Å². The van der Waals surface area contributed by atoms with Crippen molar-refractivity contribution < 1.29 is 10.0 Å². The Kier molecular flexibility index (Phi) is 7.36. The molecule has 1 unspecified atom stereocenters. The van der Waals surface area contributed by atoms with Crippen molar-refractivity contribution >= 4 is 34.6 Å². The summed E-state index contributed by atoms with van der Waals surface area (Å²) in [6.07, 6.45) is 3.17. The summed E-state index contributed by atoms with van der Waals surface area (Å²) in [6, 6.07) is 22.0. The van der Waals surface area contributed by atoms with Gasteiger partial charge in [0.05, 0.1) is 6.54 Å². The second kappa shape index (κ2) is 10.6. The smallest absolute Gasteiger partial charge is 0.335 e. The fraction of sp³-hybridized carbons (Fsp3) is 0.280. The van der Waals surface area contributed by atoms with E-state index in [1.807, 2.05) is 41.3 Å². The van der Waals surface area contributed by atoms with Crippen molar-refractivity contribution in [2.45, 2.75) is 43.7 Å². The van der Waals surface area contributed by atoms with Crippen LogP contribution in [0.5, 0.6) is 0 Å². The van der Waals surface area contributed by atoms with E-state index in [4.69, 9.17) is 10.9 Å². The average molecular weight is 464 g/mol. The molecular formula is C25H29N5O2S. The Balaban J connectivity index is 1.55. The molecule has 0 aliphatic carbocycles. The van der Waals surface area contributed by atoms with Gasteiger partial charge in [-0.2, -0.15) is 4.83 Å². The fourth-order valence-corrected chi connectivity index (χ4v) is 4.76. The molecule has 4 rings (SSSR count). The molecule has 0 aromatic heterocycles. The van der Waals surface area contributed by atoms with Crippen molar-refractivity contribution in [3.05, 3.63) is 77.9 Å². The molecule has 33 heavy (non-hydrogen) atoms. The molecule has 1 atom stereocenters. The van der Waals surface area contributed by atoms with Gasteiger partial charge < -0.3 is 15.8 Å². The number of oxime groups is 1. The van der Waals surface area contributed by atoms with Crippen LogP contribution in [0.1, 0.15) is 37.3 Å². The maximum absolute atomic E-state index is 13.5. The zero-order valence-corrected chi connectivity index (χ0v) is 19.5. The van der Waals surface area contributed by atoms with Crippen LogP contribution in [0.25, 0.3) is 10.8 Å². The number of carbonyl (C=O) groups excluding carboxylic acids is 1. The molecule has 1 fully saturated rings. The molecule has 0 saturated carbocycles. The number of benzene rings is 3. The molecule has 4 N–H and O–H groups in total. The minimum atomic E-state index is -0.0512. The van der Waals surface area contributed by atoms with Gasteiger partial charge in [-0.15, -0.1) is 0 Å². The quantitative estimate of drug-likeness (QED) is 0.158. The lowest BCUT2D eigenvalue weighted by atomic mass is 10.0. The highest BCUT2D eigenvalue weighted by molar-refractivity contribution is 7.97. The van der Waals surface area contributed by atoms with Crippen molar-refractivity contribution in [1.82, 2.24) is 14.7 Å². The van der Waals surface area contributed by atoms with Gasteiger partial charge in [0.1, 0.15) is 0 Å². The fourth-order valence-electron chi connectivity index (χ4n) is 4.08. The number of piperidine rings is 1. The van der Waals surface area contributed by atoms with Gasteiger partial charge in [-0.05, 0) is 72.7 Å². The number of amides is 2. The zero-order chi connectivity index (χ0) is 23.2. The summed E-state index contributed by atoms with van der Waals surface area (Å²) in [7, 11) is 0. The first kappa shape index (κ1) is 22.9. The van der Waals surface area contributed by atoms with Gasteiger partial charge in [-0.25, -0.2) is 9.80 Å². The van der Waals surface area contributed by atoms with Crippen molar-refractivity contribution in [1.29, 1.82) is 0 Å². The molecule has 3 aromatic rings. The van der Waals surface area contributed by atoms with Crippen LogP contribution >= 0.6 is 11.9 Å². The Morgan fingerprint density at radius 1 is 1.15 bits per heavy atom. The summed E-state index contributed by atoms with van der Waals surface area (Å²) >= 11 is 1.41. The summed E-state index contributed by atoms with van der Waals surface area (Å²) < 4.78 is 0. The number of fused-ring (bicyclic) bond motifs is 1. The first-order chi connectivity index (χ1) is 16.0. The van der Waals surface area contributed by atoms with Crippen molar-refractivity contribution in [3.63, 3.8) is 0 Å². The standard InChI is InChI=1S/C25H29N5O2S/c1-18-7-4-5-14-29(18)25(31)30(17-19-8-6-11-22(15-19)24(26)27-32)28-33-23-13-12-20-9-2-3-10-21(20)16-23/h2-3,6,8-13,15-16,18,28,32H,4-5,7,14,17H2,1H3,(H2,26,27). The van der Waals surface area contributed by atoms with Crippen LogP contribution in [0.3, 0.4) is 0 Å². The highest BCUT2D eigenvalue weighted by atomic mass is 32.2. The summed E-state index contributed by atoms with van der Waals surface area (Å²) in [5, 5.41) is 16.1. The lowest BCUT2D eigenvalue weighted by molar-refractivity contribution is 0.112. The van der Waals surface area contributed by atoms with Gasteiger partial charge in [0.25, 0.3) is 0 Å². The predicted octanol–water partition coefficient (Wildman–Crippen LogP) is 4.94. The van der Waals surface area contributed by atoms with Gasteiger partial charge in [0.15, 0.2) is 5.84 Å². The second-order valence-corrected chi connectivity index (χ2v) is 9.15. The number of hydrogen-bond donors (Lipinski definition) is 3. The molecule has 7 nitrogen and oxygen atoms in total. The molecule has 0 spiro atoms. The Hall–Kier alpha value is -3.23. The van der Waals surface area contributed by atoms with E-state index < -0.39 is 0 Å². The third-order valence-electron chi connectivity index (χ3n) is 5.95. The van der Waals surface area contributed by atoms with E-state index >= 15 is 0 Å². The van der Waals surface area contributed by atoms with Crippen LogP contribution in [0.2, 0.25) is 0 Å². The van der Waals surface area contributed by atoms with E-state index in [9.17, 15) is 4.79 Å². The lowest BCUT2D eigenvalue weighted by Gasteiger charge is -2.37. The average Bonchev–Trinajstić information content (AvgIpc) is 2.86. The number of hydrogen-bond acceptors (Lipinski definition) is 5. The number of nitrogens with two attached hydrogens (primary N) is 1. The summed E-state index contributed by atoms with van der Waals surface area (Å²) in [4.78, 5) is 19.7. The normalized spacial score (nSPS) is 16.7. The number of hydrazine groups is 1. The molecule has 1 heterocycles. The highest BCUT2D eigenvalue weighted by Crippen LogP contribution is 2.24. The Morgan fingerprint density at radius 3 is 2.76 bits per heavy atom. The first-order valence-electron chi connectivity index (χ1n) is 11.1. The summed E-state index contributed by atoms with van der Waals surface area (Å²) in [5.41, 5.74) is 7.25. The molecule has 172 valence electrons. The van der Waals surface area contributed by atoms with Gasteiger partial charge in [0, 0.05) is 23.0 Å². The molecule has 8 heteroatoms. The third kappa shape index (κ3) is 5.58. The molecule has 1 saturated heterocycles. The van der Waals surface area contributed by atoms with E-state index in [1.54, 1.807) is 11.1 Å². The number of carbonyl (C=O) groups is 1. The Bertz CT molecular complexity index is 1150. The Morgan fingerprint density at radius 2 is 1.97 bits per heavy atom. The largest absolute Gasteiger partial charge is 0.409 e. The van der Waals surface area contributed by atoms with Crippen LogP contribution in [0, 0.1) is 0 Å². The predicted molar refractivity (Wildman–Crippen MR) is 133 cm³/mol. The minimum absolute atomic E-state index is 0.0397. The van der Waals surface area contributed by atoms with Gasteiger partial charge in [0.2, 0.25) is 0 Å². The third-order valence-corrected chi connectivity index (χ3v) is 6.75. The van der Waals surface area contributed by atoms with Gasteiger partial charge in [-0.1, -0.05) is 53.7 Å². The molecule has 0 radical (unpaired) electrons. The molecule has 1 aliphatic rings. The number of amidine groups is 1. The number of nitrogens with one attached hydrogen (secondary N) is 1. The maximum atomic E-state index is 13.5. The van der Waals surface area contributed by atoms with Gasteiger partial charge >= 0.3 is 6.03 Å². The first-order valence-corrected chi connectivity index (χ1v) is 11.9. The van der Waals surface area contributed by atoms with Crippen LogP contribution in [0.15, 0.2) is 76.8 Å². The van der Waals surface area contributed by atoms with Crippen LogP contribution in [-0.2, 0) is 6.54 Å². The Labute approximate surface area is 198 Å². The van der Waals surface area contributed by atoms with Crippen LogP contribution in [0.4, 0.5) is 4.79 Å². The molecule has 2 amide bonds. The van der Waals surface area contributed by atoms with Crippen molar-refractivity contribution in [3.8, 4) is 0 Å². The monoisotopic (exact) mass is 463 g/mol.